The van der Waals surface area contributed by atoms with Gasteiger partial charge in [-0.3, -0.25) is 0 Å². The number of ether oxygens (including phenoxy) is 4. The van der Waals surface area contributed by atoms with E-state index in [0.29, 0.717) is 54.1 Å². The molecule has 2 aliphatic rings. The second-order valence-corrected chi connectivity index (χ2v) is 13.8. The highest BCUT2D eigenvalue weighted by Crippen LogP contribution is 2.42. The van der Waals surface area contributed by atoms with Crippen molar-refractivity contribution in [3.05, 3.63) is 87.7 Å². The Hall–Kier alpha value is -4.83. The number of nitrogens with zero attached hydrogens (tertiary/aromatic N) is 6. The average molecular weight is 697 g/mol. The smallest absolute Gasteiger partial charge is 0.393 e. The van der Waals surface area contributed by atoms with Crippen LogP contribution in [0.4, 0.5) is 16.0 Å². The predicted octanol–water partition coefficient (Wildman–Crippen LogP) is 5.86. The highest BCUT2D eigenvalue weighted by atomic mass is 32.2. The summed E-state index contributed by atoms with van der Waals surface area (Å²) in [5.74, 6) is -0.598. The van der Waals surface area contributed by atoms with Gasteiger partial charge in [-0.2, -0.15) is 4.68 Å². The van der Waals surface area contributed by atoms with Crippen LogP contribution in [0.2, 0.25) is 0 Å². The molecule has 0 N–H and O–H groups in total. The highest BCUT2D eigenvalue weighted by Gasteiger charge is 2.39. The summed E-state index contributed by atoms with van der Waals surface area (Å²) in [5.41, 5.74) is 1.30. The molecule has 1 unspecified atom stereocenters. The first-order valence-corrected chi connectivity index (χ1v) is 17.4. The Kier molecular flexibility index (Phi) is 9.96. The van der Waals surface area contributed by atoms with Crippen LogP contribution in [0, 0.1) is 22.9 Å². The van der Waals surface area contributed by atoms with Crippen molar-refractivity contribution in [2.75, 3.05) is 25.1 Å². The zero-order valence-electron chi connectivity index (χ0n) is 27.3. The van der Waals surface area contributed by atoms with Gasteiger partial charge in [0.2, 0.25) is 0 Å². The monoisotopic (exact) mass is 696 g/mol. The number of aromatic nitrogens is 4. The van der Waals surface area contributed by atoms with Crippen LogP contribution in [0.5, 0.6) is 17.2 Å². The van der Waals surface area contributed by atoms with E-state index in [1.54, 1.807) is 31.3 Å². The summed E-state index contributed by atoms with van der Waals surface area (Å²) in [5, 5.41) is 16.3. The van der Waals surface area contributed by atoms with E-state index >= 15 is 4.39 Å². The van der Waals surface area contributed by atoms with E-state index in [1.165, 1.54) is 43.6 Å². The zero-order valence-corrected chi connectivity index (χ0v) is 28.1. The number of aryl methyl sites for hydroxylation is 1. The van der Waals surface area contributed by atoms with E-state index in [1.807, 2.05) is 0 Å². The molecule has 6 rings (SSSR count). The molecule has 3 atom stereocenters. The lowest BCUT2D eigenvalue weighted by molar-refractivity contribution is -0.390. The first-order chi connectivity index (χ1) is 23.6. The maximum absolute atomic E-state index is 16.0. The number of nitro groups is 1. The lowest BCUT2D eigenvalue weighted by Gasteiger charge is -2.26. The lowest BCUT2D eigenvalue weighted by Crippen LogP contribution is -2.32. The quantitative estimate of drug-likeness (QED) is 0.129. The van der Waals surface area contributed by atoms with E-state index in [9.17, 15) is 18.5 Å². The molecule has 260 valence electrons. The Morgan fingerprint density at radius 1 is 1.08 bits per heavy atom. The van der Waals surface area contributed by atoms with Gasteiger partial charge in [0.1, 0.15) is 46.2 Å². The van der Waals surface area contributed by atoms with Crippen molar-refractivity contribution in [1.29, 1.82) is 0 Å². The average Bonchev–Trinajstić information content (AvgIpc) is 3.77. The Balaban J connectivity index is 1.30. The second-order valence-electron chi connectivity index (χ2n) is 12.0. The second kappa shape index (κ2) is 14.3. The first-order valence-electron chi connectivity index (χ1n) is 15.9. The minimum absolute atomic E-state index is 0.0276. The topological polar surface area (TPSA) is 161 Å². The molecule has 16 heteroatoms. The van der Waals surface area contributed by atoms with Gasteiger partial charge in [-0.1, -0.05) is 0 Å². The molecule has 0 bridgehead atoms. The molecule has 2 fully saturated rings. The van der Waals surface area contributed by atoms with E-state index in [2.05, 4.69) is 15.1 Å². The molecule has 1 saturated heterocycles. The number of hydrogen-bond donors (Lipinski definition) is 0. The number of sulfonamides is 1. The number of halogens is 1. The molecule has 3 heterocycles. The number of benzene rings is 2. The third kappa shape index (κ3) is 7.01. The molecule has 0 radical (unpaired) electrons. The number of methoxy groups -OCH3 is 2. The summed E-state index contributed by atoms with van der Waals surface area (Å²) in [6.45, 7) is 1.96. The van der Waals surface area contributed by atoms with Crippen molar-refractivity contribution in [1.82, 2.24) is 19.7 Å². The van der Waals surface area contributed by atoms with Crippen LogP contribution in [0.15, 0.2) is 60.0 Å². The van der Waals surface area contributed by atoms with Crippen molar-refractivity contribution in [2.24, 2.45) is 0 Å². The lowest BCUT2D eigenvalue weighted by atomic mass is 9.97. The van der Waals surface area contributed by atoms with Gasteiger partial charge in [0.15, 0.2) is 6.23 Å². The number of anilines is 1. The maximum Gasteiger partial charge on any atom is 0.393 e. The molecule has 1 aliphatic heterocycles. The molecular formula is C33H37FN6O8S. The summed E-state index contributed by atoms with van der Waals surface area (Å²) < 4.78 is 69.7. The van der Waals surface area contributed by atoms with Crippen molar-refractivity contribution >= 4 is 21.7 Å². The number of rotatable bonds is 12. The van der Waals surface area contributed by atoms with Crippen molar-refractivity contribution < 1.29 is 36.7 Å². The van der Waals surface area contributed by atoms with Gasteiger partial charge < -0.3 is 29.1 Å². The van der Waals surface area contributed by atoms with Crippen LogP contribution in [-0.2, 0) is 21.3 Å². The fraction of sp³-hybridized carbons (Fsp3) is 0.424. The van der Waals surface area contributed by atoms with E-state index in [-0.39, 0.29) is 36.1 Å². The zero-order chi connectivity index (χ0) is 34.7. The van der Waals surface area contributed by atoms with Crippen molar-refractivity contribution in [2.45, 2.75) is 75.1 Å². The third-order valence-corrected chi connectivity index (χ3v) is 10.7. The molecule has 4 aromatic rings. The standard InChI is InChI=1S/C33H37FN6O8S/c1-21-15-30(49(43,44)39(31-12-13-35-20-36-31)18-22-10-11-23(45-2)16-29(22)46-3)26(34)17-28(21)48-27-8-6-7-24(27)25-19-38(37-33(25)40(41)42)32-9-4-5-14-47-32/h10-13,15-17,19-20,24,27,32H,4-9,14,18H2,1-3H3/t24-,27+,32?/m1/s1. The summed E-state index contributed by atoms with van der Waals surface area (Å²) >= 11 is 0. The van der Waals surface area contributed by atoms with Crippen LogP contribution in [0.3, 0.4) is 0 Å². The third-order valence-electron chi connectivity index (χ3n) is 8.92. The van der Waals surface area contributed by atoms with Crippen LogP contribution in [-0.4, -0.2) is 60.0 Å². The normalized spacial score (nSPS) is 19.4. The Morgan fingerprint density at radius 3 is 2.61 bits per heavy atom. The fourth-order valence-electron chi connectivity index (χ4n) is 6.40. The van der Waals surface area contributed by atoms with Crippen molar-refractivity contribution in [3.8, 4) is 17.2 Å². The Morgan fingerprint density at radius 2 is 1.92 bits per heavy atom. The Labute approximate surface area is 283 Å². The van der Waals surface area contributed by atoms with Crippen LogP contribution in [0.25, 0.3) is 0 Å². The summed E-state index contributed by atoms with van der Waals surface area (Å²) in [7, 11) is -1.58. The minimum Gasteiger partial charge on any atom is -0.497 e. The van der Waals surface area contributed by atoms with Gasteiger partial charge in [0.05, 0.1) is 37.6 Å². The molecule has 49 heavy (non-hydrogen) atoms. The van der Waals surface area contributed by atoms with Crippen LogP contribution >= 0.6 is 0 Å². The van der Waals surface area contributed by atoms with Gasteiger partial charge in [-0.15, -0.1) is 0 Å². The van der Waals surface area contributed by atoms with Gasteiger partial charge in [-0.05, 0) is 74.1 Å². The molecule has 1 saturated carbocycles. The molecule has 2 aromatic heterocycles. The summed E-state index contributed by atoms with van der Waals surface area (Å²) in [6, 6.07) is 8.64. The molecule has 2 aromatic carbocycles. The fourth-order valence-corrected chi connectivity index (χ4v) is 7.94. The van der Waals surface area contributed by atoms with Crippen LogP contribution < -0.4 is 18.5 Å². The SMILES string of the molecule is COc1ccc(CN(c2ccncn2)S(=O)(=O)c2cc(C)c(O[C@H]3CCC[C@@H]3c3cn(C4CCCCO4)nc3[N+](=O)[O-])cc2F)c(OC)c1. The van der Waals surface area contributed by atoms with Gasteiger partial charge in [0, 0.05) is 42.5 Å². The first kappa shape index (κ1) is 34.0. The molecule has 0 spiro atoms. The van der Waals surface area contributed by atoms with Crippen molar-refractivity contribution in [3.63, 3.8) is 0 Å². The van der Waals surface area contributed by atoms with Gasteiger partial charge in [0.25, 0.3) is 10.0 Å². The molecular weight excluding hydrogens is 659 g/mol. The van der Waals surface area contributed by atoms with Gasteiger partial charge in [-0.25, -0.2) is 27.1 Å². The summed E-state index contributed by atoms with van der Waals surface area (Å²) in [4.78, 5) is 19.0. The number of hydrogen-bond acceptors (Lipinski definition) is 11. The van der Waals surface area contributed by atoms with E-state index in [4.69, 9.17) is 18.9 Å². The van der Waals surface area contributed by atoms with E-state index < -0.39 is 31.8 Å². The molecule has 1 aliphatic carbocycles. The molecule has 0 amide bonds. The molecule has 14 nitrogen and oxygen atoms in total. The highest BCUT2D eigenvalue weighted by molar-refractivity contribution is 7.92. The van der Waals surface area contributed by atoms with Crippen LogP contribution in [0.1, 0.15) is 67.4 Å². The maximum atomic E-state index is 16.0. The van der Waals surface area contributed by atoms with E-state index in [0.717, 1.165) is 29.6 Å². The largest absolute Gasteiger partial charge is 0.497 e. The Bertz CT molecular complexity index is 1920. The summed E-state index contributed by atoms with van der Waals surface area (Å²) in [6.07, 6.45) is 7.85. The van der Waals surface area contributed by atoms with Gasteiger partial charge >= 0.3 is 5.82 Å². The predicted molar refractivity (Wildman–Crippen MR) is 175 cm³/mol. The minimum atomic E-state index is -4.54.